The smallest absolute Gasteiger partial charge is 0.308 e. The molecule has 1 aliphatic rings. The van der Waals surface area contributed by atoms with E-state index in [1.165, 1.54) is 0 Å². The predicted molar refractivity (Wildman–Crippen MR) is 73.5 cm³/mol. The molecule has 0 spiro atoms. The van der Waals surface area contributed by atoms with Gasteiger partial charge >= 0.3 is 5.97 Å². The second kappa shape index (κ2) is 5.30. The standard InChI is InChI=1S/C14H18N2O3/c1-15(2)11-4-3-5-12(8-11)16-9-10(14(18)19)6-7-13(16)17/h3-5,8,10H,6-7,9H2,1-2H3,(H,18,19). The van der Waals surface area contributed by atoms with Crippen molar-refractivity contribution in [2.45, 2.75) is 12.8 Å². The topological polar surface area (TPSA) is 60.9 Å². The van der Waals surface area contributed by atoms with Crippen LogP contribution in [0.1, 0.15) is 12.8 Å². The maximum Gasteiger partial charge on any atom is 0.308 e. The van der Waals surface area contributed by atoms with E-state index in [1.807, 2.05) is 43.3 Å². The number of carbonyl (C=O) groups excluding carboxylic acids is 1. The van der Waals surface area contributed by atoms with E-state index >= 15 is 0 Å². The summed E-state index contributed by atoms with van der Waals surface area (Å²) in [5, 5.41) is 9.09. The van der Waals surface area contributed by atoms with Gasteiger partial charge in [-0.15, -0.1) is 0 Å². The first-order valence-corrected chi connectivity index (χ1v) is 6.29. The Labute approximate surface area is 112 Å². The van der Waals surface area contributed by atoms with Crippen LogP contribution in [0.4, 0.5) is 11.4 Å². The highest BCUT2D eigenvalue weighted by Gasteiger charge is 2.30. The minimum atomic E-state index is -0.832. The van der Waals surface area contributed by atoms with Gasteiger partial charge in [0.25, 0.3) is 0 Å². The fraction of sp³-hybridized carbons (Fsp3) is 0.429. The van der Waals surface area contributed by atoms with E-state index < -0.39 is 11.9 Å². The zero-order valence-electron chi connectivity index (χ0n) is 11.2. The lowest BCUT2D eigenvalue weighted by atomic mass is 9.97. The van der Waals surface area contributed by atoms with Gasteiger partial charge in [0.2, 0.25) is 5.91 Å². The quantitative estimate of drug-likeness (QED) is 0.898. The lowest BCUT2D eigenvalue weighted by molar-refractivity contribution is -0.142. The number of rotatable bonds is 3. The van der Waals surface area contributed by atoms with E-state index in [9.17, 15) is 9.59 Å². The summed E-state index contributed by atoms with van der Waals surface area (Å²) >= 11 is 0. The Morgan fingerprint density at radius 2 is 2.16 bits per heavy atom. The summed E-state index contributed by atoms with van der Waals surface area (Å²) in [6.07, 6.45) is 0.723. The summed E-state index contributed by atoms with van der Waals surface area (Å²) < 4.78 is 0. The summed E-state index contributed by atoms with van der Waals surface area (Å²) in [6, 6.07) is 7.58. The Kier molecular flexibility index (Phi) is 3.74. The Morgan fingerprint density at radius 1 is 1.42 bits per heavy atom. The van der Waals surface area contributed by atoms with Crippen molar-refractivity contribution < 1.29 is 14.7 Å². The SMILES string of the molecule is CN(C)c1cccc(N2CC(C(=O)O)CCC2=O)c1. The predicted octanol–water partition coefficient (Wildman–Crippen LogP) is 1.58. The molecule has 1 N–H and O–H groups in total. The van der Waals surface area contributed by atoms with Crippen molar-refractivity contribution in [3.05, 3.63) is 24.3 Å². The molecule has 1 aliphatic heterocycles. The van der Waals surface area contributed by atoms with Crippen LogP contribution in [-0.4, -0.2) is 37.6 Å². The van der Waals surface area contributed by atoms with Crippen molar-refractivity contribution in [3.63, 3.8) is 0 Å². The van der Waals surface area contributed by atoms with Gasteiger partial charge in [-0.3, -0.25) is 9.59 Å². The Balaban J connectivity index is 2.26. The third-order valence-corrected chi connectivity index (χ3v) is 3.42. The molecule has 1 saturated heterocycles. The molecule has 1 heterocycles. The van der Waals surface area contributed by atoms with Crippen molar-refractivity contribution >= 4 is 23.3 Å². The number of aliphatic carboxylic acids is 1. The van der Waals surface area contributed by atoms with Crippen molar-refractivity contribution in [2.24, 2.45) is 5.92 Å². The molecule has 0 aromatic heterocycles. The van der Waals surface area contributed by atoms with Gasteiger partial charge in [0, 0.05) is 38.4 Å². The minimum Gasteiger partial charge on any atom is -0.481 e. The van der Waals surface area contributed by atoms with E-state index in [1.54, 1.807) is 4.90 Å². The van der Waals surface area contributed by atoms with Gasteiger partial charge < -0.3 is 14.9 Å². The van der Waals surface area contributed by atoms with Crippen LogP contribution >= 0.6 is 0 Å². The molecule has 5 nitrogen and oxygen atoms in total. The number of carboxylic acid groups (broad SMARTS) is 1. The van der Waals surface area contributed by atoms with Crippen molar-refractivity contribution in [2.75, 3.05) is 30.4 Å². The molecule has 1 aromatic rings. The van der Waals surface area contributed by atoms with Crippen LogP contribution in [0.5, 0.6) is 0 Å². The number of amides is 1. The largest absolute Gasteiger partial charge is 0.481 e. The number of carbonyl (C=O) groups is 2. The lowest BCUT2D eigenvalue weighted by Gasteiger charge is -2.31. The van der Waals surface area contributed by atoms with E-state index in [-0.39, 0.29) is 12.5 Å². The molecule has 1 fully saturated rings. The van der Waals surface area contributed by atoms with E-state index in [0.29, 0.717) is 12.8 Å². The summed E-state index contributed by atoms with van der Waals surface area (Å²) in [7, 11) is 3.86. The van der Waals surface area contributed by atoms with E-state index in [0.717, 1.165) is 11.4 Å². The van der Waals surface area contributed by atoms with Gasteiger partial charge in [-0.1, -0.05) is 6.07 Å². The first-order chi connectivity index (χ1) is 8.99. The second-order valence-electron chi connectivity index (χ2n) is 4.99. The van der Waals surface area contributed by atoms with Crippen LogP contribution in [0.3, 0.4) is 0 Å². The molecule has 102 valence electrons. The van der Waals surface area contributed by atoms with E-state index in [4.69, 9.17) is 5.11 Å². The normalized spacial score (nSPS) is 19.4. The Bertz CT molecular complexity index is 499. The zero-order chi connectivity index (χ0) is 14.0. The number of hydrogen-bond donors (Lipinski definition) is 1. The molecule has 1 unspecified atom stereocenters. The van der Waals surface area contributed by atoms with Crippen LogP contribution in [0, 0.1) is 5.92 Å². The van der Waals surface area contributed by atoms with Crippen molar-refractivity contribution in [1.29, 1.82) is 0 Å². The van der Waals surface area contributed by atoms with Crippen LogP contribution in [-0.2, 0) is 9.59 Å². The molecule has 19 heavy (non-hydrogen) atoms. The molecule has 5 heteroatoms. The highest BCUT2D eigenvalue weighted by atomic mass is 16.4. The fourth-order valence-electron chi connectivity index (χ4n) is 2.24. The molecule has 0 radical (unpaired) electrons. The molecule has 0 aliphatic carbocycles. The van der Waals surface area contributed by atoms with Crippen molar-refractivity contribution in [3.8, 4) is 0 Å². The van der Waals surface area contributed by atoms with Crippen LogP contribution in [0.25, 0.3) is 0 Å². The zero-order valence-corrected chi connectivity index (χ0v) is 11.2. The summed E-state index contributed by atoms with van der Waals surface area (Å²) in [5.74, 6) is -1.31. The molecular formula is C14H18N2O3. The molecule has 1 atom stereocenters. The molecule has 1 amide bonds. The molecule has 2 rings (SSSR count). The summed E-state index contributed by atoms with van der Waals surface area (Å²) in [6.45, 7) is 0.255. The number of hydrogen-bond acceptors (Lipinski definition) is 3. The third kappa shape index (κ3) is 2.86. The molecular weight excluding hydrogens is 244 g/mol. The van der Waals surface area contributed by atoms with Gasteiger partial charge in [0.15, 0.2) is 0 Å². The lowest BCUT2D eigenvalue weighted by Crippen LogP contribution is -2.42. The Morgan fingerprint density at radius 3 is 2.79 bits per heavy atom. The van der Waals surface area contributed by atoms with Crippen LogP contribution < -0.4 is 9.80 Å². The number of anilines is 2. The maximum absolute atomic E-state index is 12.0. The summed E-state index contributed by atoms with van der Waals surface area (Å²) in [4.78, 5) is 26.6. The highest BCUT2D eigenvalue weighted by molar-refractivity contribution is 5.96. The number of piperidine rings is 1. The average Bonchev–Trinajstić information content (AvgIpc) is 2.39. The van der Waals surface area contributed by atoms with E-state index in [2.05, 4.69) is 0 Å². The monoisotopic (exact) mass is 262 g/mol. The second-order valence-corrected chi connectivity index (χ2v) is 4.99. The highest BCUT2D eigenvalue weighted by Crippen LogP contribution is 2.27. The maximum atomic E-state index is 12.0. The van der Waals surface area contributed by atoms with Gasteiger partial charge in [-0.2, -0.15) is 0 Å². The fourth-order valence-corrected chi connectivity index (χ4v) is 2.24. The molecule has 0 bridgehead atoms. The first kappa shape index (κ1) is 13.4. The average molecular weight is 262 g/mol. The Hall–Kier alpha value is -2.04. The van der Waals surface area contributed by atoms with Crippen LogP contribution in [0.2, 0.25) is 0 Å². The van der Waals surface area contributed by atoms with Crippen molar-refractivity contribution in [1.82, 2.24) is 0 Å². The number of nitrogens with zero attached hydrogens (tertiary/aromatic N) is 2. The minimum absolute atomic E-state index is 0.00611. The number of benzene rings is 1. The number of carboxylic acids is 1. The third-order valence-electron chi connectivity index (χ3n) is 3.42. The van der Waals surface area contributed by atoms with Gasteiger partial charge in [0.1, 0.15) is 0 Å². The molecule has 1 aromatic carbocycles. The van der Waals surface area contributed by atoms with Gasteiger partial charge in [0.05, 0.1) is 5.92 Å². The molecule has 0 saturated carbocycles. The first-order valence-electron chi connectivity index (χ1n) is 6.29. The van der Waals surface area contributed by atoms with Gasteiger partial charge in [-0.05, 0) is 24.6 Å². The summed E-state index contributed by atoms with van der Waals surface area (Å²) in [5.41, 5.74) is 1.75. The van der Waals surface area contributed by atoms with Gasteiger partial charge in [-0.25, -0.2) is 0 Å². The van der Waals surface area contributed by atoms with Crippen LogP contribution in [0.15, 0.2) is 24.3 Å².